The molecule has 0 radical (unpaired) electrons. The fourth-order valence-corrected chi connectivity index (χ4v) is 3.57. The van der Waals surface area contributed by atoms with E-state index >= 15 is 0 Å². The molecule has 0 aromatic carbocycles. The third kappa shape index (κ3) is 2.44. The lowest BCUT2D eigenvalue weighted by Gasteiger charge is -2.25. The average Bonchev–Trinajstić information content (AvgIpc) is 3.40. The summed E-state index contributed by atoms with van der Waals surface area (Å²) in [7, 11) is 0. The first-order chi connectivity index (χ1) is 12.8. The van der Waals surface area contributed by atoms with Gasteiger partial charge in [0.25, 0.3) is 0 Å². The number of aromatic nitrogens is 6. The molecule has 0 bridgehead atoms. The van der Waals surface area contributed by atoms with Crippen molar-refractivity contribution in [2.24, 2.45) is 5.73 Å². The highest BCUT2D eigenvalue weighted by atomic mass is 15.3. The van der Waals surface area contributed by atoms with Gasteiger partial charge in [-0.05, 0) is 31.0 Å². The van der Waals surface area contributed by atoms with Gasteiger partial charge in [0.1, 0.15) is 17.3 Å². The zero-order valence-electron chi connectivity index (χ0n) is 14.1. The molecule has 1 atom stereocenters. The van der Waals surface area contributed by atoms with E-state index in [2.05, 4.69) is 35.4 Å². The number of nitrogens with two attached hydrogens (primary N) is 1. The highest BCUT2D eigenvalue weighted by molar-refractivity contribution is 5.89. The molecule has 26 heavy (non-hydrogen) atoms. The second-order valence-electron chi connectivity index (χ2n) is 6.47. The van der Waals surface area contributed by atoms with Gasteiger partial charge in [-0.15, -0.1) is 0 Å². The van der Waals surface area contributed by atoms with E-state index in [0.717, 1.165) is 47.3 Å². The lowest BCUT2D eigenvalue weighted by Crippen LogP contribution is -2.36. The summed E-state index contributed by atoms with van der Waals surface area (Å²) in [6.45, 7) is 1.58. The van der Waals surface area contributed by atoms with Crippen LogP contribution < -0.4 is 16.0 Å². The second-order valence-corrected chi connectivity index (χ2v) is 6.47. The number of nitrogens with zero attached hydrogens (tertiary/aromatic N) is 5. The Morgan fingerprint density at radius 2 is 2.15 bits per heavy atom. The number of H-pyrrole nitrogens is 2. The van der Waals surface area contributed by atoms with E-state index in [1.165, 1.54) is 0 Å². The molecule has 1 aliphatic rings. The number of pyridine rings is 1. The maximum Gasteiger partial charge on any atom is 0.232 e. The molecule has 1 aliphatic heterocycles. The third-order valence-corrected chi connectivity index (χ3v) is 4.86. The van der Waals surface area contributed by atoms with Crippen LogP contribution in [0.1, 0.15) is 12.8 Å². The first-order valence-corrected chi connectivity index (χ1v) is 8.71. The minimum atomic E-state index is 0.315. The van der Waals surface area contributed by atoms with Gasteiger partial charge in [-0.2, -0.15) is 15.1 Å². The molecular formula is C17H19N9. The maximum absolute atomic E-state index is 5.96. The highest BCUT2D eigenvalue weighted by Gasteiger charge is 2.27. The normalized spacial score (nSPS) is 17.4. The minimum absolute atomic E-state index is 0.315. The van der Waals surface area contributed by atoms with E-state index in [-0.39, 0.29) is 0 Å². The molecule has 4 aromatic rings. The van der Waals surface area contributed by atoms with Crippen molar-refractivity contribution >= 4 is 39.7 Å². The summed E-state index contributed by atoms with van der Waals surface area (Å²) in [4.78, 5) is 19.3. The molecule has 9 nitrogen and oxygen atoms in total. The van der Waals surface area contributed by atoms with Crippen LogP contribution >= 0.6 is 0 Å². The summed E-state index contributed by atoms with van der Waals surface area (Å²) >= 11 is 0. The van der Waals surface area contributed by atoms with Crippen LogP contribution in [0.25, 0.3) is 22.1 Å². The molecule has 0 amide bonds. The Labute approximate surface area is 149 Å². The number of anilines is 3. The molecule has 0 spiro atoms. The molecule has 0 unspecified atom stereocenters. The van der Waals surface area contributed by atoms with Gasteiger partial charge in [-0.3, -0.25) is 5.10 Å². The first kappa shape index (κ1) is 15.1. The van der Waals surface area contributed by atoms with Gasteiger partial charge in [0, 0.05) is 30.7 Å². The summed E-state index contributed by atoms with van der Waals surface area (Å²) in [5, 5.41) is 12.0. The number of fused-ring (bicyclic) bond motifs is 2. The maximum atomic E-state index is 5.96. The smallest absolute Gasteiger partial charge is 0.232 e. The summed E-state index contributed by atoms with van der Waals surface area (Å²) in [6.07, 6.45) is 5.84. The van der Waals surface area contributed by atoms with Crippen molar-refractivity contribution in [2.75, 3.05) is 23.3 Å². The van der Waals surface area contributed by atoms with Crippen molar-refractivity contribution in [1.82, 2.24) is 30.1 Å². The van der Waals surface area contributed by atoms with Crippen LogP contribution in [-0.2, 0) is 0 Å². The van der Waals surface area contributed by atoms with Gasteiger partial charge >= 0.3 is 0 Å². The Hall–Kier alpha value is -3.20. The van der Waals surface area contributed by atoms with E-state index in [0.29, 0.717) is 24.4 Å². The van der Waals surface area contributed by atoms with Crippen LogP contribution in [0, 0.1) is 0 Å². The zero-order valence-corrected chi connectivity index (χ0v) is 14.1. The third-order valence-electron chi connectivity index (χ3n) is 4.86. The molecule has 0 aliphatic carbocycles. The molecule has 4 aromatic heterocycles. The topological polar surface area (TPSA) is 124 Å². The second kappa shape index (κ2) is 5.95. The Bertz CT molecular complexity index is 1070. The van der Waals surface area contributed by atoms with Gasteiger partial charge < -0.3 is 20.9 Å². The van der Waals surface area contributed by atoms with E-state index in [9.17, 15) is 0 Å². The molecule has 132 valence electrons. The summed E-state index contributed by atoms with van der Waals surface area (Å²) in [5.74, 6) is 2.08. The Morgan fingerprint density at radius 1 is 1.19 bits per heavy atom. The summed E-state index contributed by atoms with van der Waals surface area (Å²) in [5.41, 5.74) is 7.47. The van der Waals surface area contributed by atoms with Crippen LogP contribution in [0.5, 0.6) is 0 Å². The molecular weight excluding hydrogens is 330 g/mol. The Balaban J connectivity index is 1.55. The van der Waals surface area contributed by atoms with Crippen molar-refractivity contribution < 1.29 is 0 Å². The lowest BCUT2D eigenvalue weighted by molar-refractivity contribution is 0.673. The SMILES string of the molecule is NC[C@@H]1CCCN1c1nc(Nc2ccc3cn[nH]c3n2)nc2[nH]ccc12. The standard InChI is InChI=1S/C17H19N9/c18-8-11-2-1-7-26(11)16-12-5-6-19-15(12)23-17(24-16)22-13-4-3-10-9-20-25-14(10)21-13/h3-6,9,11H,1-2,7-8,18H2,(H3,19,20,21,22,23,24,25)/t11-/m0/s1. The van der Waals surface area contributed by atoms with E-state index in [1.807, 2.05) is 24.4 Å². The summed E-state index contributed by atoms with van der Waals surface area (Å²) in [6, 6.07) is 6.16. The van der Waals surface area contributed by atoms with E-state index in [4.69, 9.17) is 10.7 Å². The van der Waals surface area contributed by atoms with Gasteiger partial charge in [0.15, 0.2) is 5.65 Å². The van der Waals surface area contributed by atoms with Crippen molar-refractivity contribution in [2.45, 2.75) is 18.9 Å². The van der Waals surface area contributed by atoms with Gasteiger partial charge in [-0.1, -0.05) is 0 Å². The van der Waals surface area contributed by atoms with Crippen molar-refractivity contribution in [1.29, 1.82) is 0 Å². The zero-order chi connectivity index (χ0) is 17.5. The molecule has 9 heteroatoms. The predicted molar refractivity (Wildman–Crippen MR) is 100 cm³/mol. The number of hydrogen-bond donors (Lipinski definition) is 4. The van der Waals surface area contributed by atoms with E-state index < -0.39 is 0 Å². The minimum Gasteiger partial charge on any atom is -0.352 e. The number of hydrogen-bond acceptors (Lipinski definition) is 7. The monoisotopic (exact) mass is 349 g/mol. The predicted octanol–water partition coefficient (Wildman–Crippen LogP) is 1.90. The van der Waals surface area contributed by atoms with Gasteiger partial charge in [0.2, 0.25) is 5.95 Å². The molecule has 5 heterocycles. The highest BCUT2D eigenvalue weighted by Crippen LogP contribution is 2.31. The van der Waals surface area contributed by atoms with Crippen LogP contribution in [0.15, 0.2) is 30.6 Å². The fourth-order valence-electron chi connectivity index (χ4n) is 3.57. The molecule has 1 saturated heterocycles. The molecule has 5 N–H and O–H groups in total. The van der Waals surface area contributed by atoms with Crippen molar-refractivity contribution in [3.8, 4) is 0 Å². The molecule has 0 saturated carbocycles. The quantitative estimate of drug-likeness (QED) is 0.443. The van der Waals surface area contributed by atoms with Crippen LogP contribution in [0.3, 0.4) is 0 Å². The van der Waals surface area contributed by atoms with Crippen LogP contribution in [-0.4, -0.2) is 49.3 Å². The van der Waals surface area contributed by atoms with Crippen LogP contribution in [0.4, 0.5) is 17.6 Å². The first-order valence-electron chi connectivity index (χ1n) is 8.71. The number of rotatable bonds is 4. The lowest BCUT2D eigenvalue weighted by atomic mass is 10.2. The Morgan fingerprint density at radius 3 is 3.08 bits per heavy atom. The molecule has 5 rings (SSSR count). The summed E-state index contributed by atoms with van der Waals surface area (Å²) < 4.78 is 0. The fraction of sp³-hybridized carbons (Fsp3) is 0.294. The van der Waals surface area contributed by atoms with Gasteiger partial charge in [0.05, 0.1) is 11.6 Å². The molecule has 1 fully saturated rings. The van der Waals surface area contributed by atoms with Gasteiger partial charge in [-0.25, -0.2) is 4.98 Å². The number of aromatic amines is 2. The van der Waals surface area contributed by atoms with Crippen molar-refractivity contribution in [3.63, 3.8) is 0 Å². The number of nitrogens with one attached hydrogen (secondary N) is 3. The average molecular weight is 349 g/mol. The van der Waals surface area contributed by atoms with E-state index in [1.54, 1.807) is 6.20 Å². The van der Waals surface area contributed by atoms with Crippen LogP contribution in [0.2, 0.25) is 0 Å². The Kier molecular flexibility index (Phi) is 3.45. The van der Waals surface area contributed by atoms with Crippen molar-refractivity contribution in [3.05, 3.63) is 30.6 Å². The largest absolute Gasteiger partial charge is 0.352 e.